The van der Waals surface area contributed by atoms with Crippen LogP contribution in [0, 0.1) is 5.82 Å². The van der Waals surface area contributed by atoms with Crippen LogP contribution in [0.15, 0.2) is 46.1 Å². The predicted octanol–water partition coefficient (Wildman–Crippen LogP) is 0.428. The van der Waals surface area contributed by atoms with Crippen molar-refractivity contribution in [3.05, 3.63) is 63.2 Å². The number of aromatic nitrogens is 2. The minimum absolute atomic E-state index is 0.138. The maximum absolute atomic E-state index is 13.7. The van der Waals surface area contributed by atoms with Gasteiger partial charge in [-0.25, -0.2) is 9.36 Å². The lowest BCUT2D eigenvalue weighted by molar-refractivity contribution is -0.149. The van der Waals surface area contributed by atoms with Gasteiger partial charge in [-0.15, -0.1) is 0 Å². The second kappa shape index (κ2) is 11.5. The molecule has 1 aromatic carbocycles. The monoisotopic (exact) mass is 531 g/mol. The van der Waals surface area contributed by atoms with Crippen molar-refractivity contribution in [2.45, 2.75) is 57.5 Å². The van der Waals surface area contributed by atoms with E-state index in [1.54, 1.807) is 37.0 Å². The number of nitrogens with zero attached hydrogens (tertiary/aromatic N) is 1. The van der Waals surface area contributed by atoms with Crippen molar-refractivity contribution in [1.29, 1.82) is 0 Å². The Morgan fingerprint density at radius 2 is 1.89 bits per heavy atom. The summed E-state index contributed by atoms with van der Waals surface area (Å²) >= 11 is 0. The number of hydrogen-bond acceptors (Lipinski definition) is 10. The Hall–Kier alpha value is -2.87. The molecule has 0 radical (unpaired) electrons. The van der Waals surface area contributed by atoms with Gasteiger partial charge >= 0.3 is 19.4 Å². The molecule has 1 aromatic heterocycles. The summed E-state index contributed by atoms with van der Waals surface area (Å²) in [6.07, 6.45) is -6.25. The summed E-state index contributed by atoms with van der Waals surface area (Å²) in [5.74, 6) is -1.90. The van der Waals surface area contributed by atoms with E-state index in [0.717, 1.165) is 0 Å². The molecule has 0 amide bonds. The molecule has 0 aliphatic carbocycles. The Kier molecular flexibility index (Phi) is 8.82. The van der Waals surface area contributed by atoms with Crippen LogP contribution in [0.25, 0.3) is 0 Å². The highest BCUT2D eigenvalue weighted by Crippen LogP contribution is 2.46. The molecule has 15 heteroatoms. The summed E-state index contributed by atoms with van der Waals surface area (Å²) in [4.78, 5) is 37.2. The molecule has 198 valence electrons. The van der Waals surface area contributed by atoms with Crippen molar-refractivity contribution in [2.24, 2.45) is 0 Å². The molecule has 1 fully saturated rings. The number of rotatable bonds is 10. The summed E-state index contributed by atoms with van der Waals surface area (Å²) < 4.78 is 49.2. The summed E-state index contributed by atoms with van der Waals surface area (Å²) in [5.41, 5.74) is -2.35. The SMILES string of the molecule is CC(C)OC(=O)C(C)NP(=O)(OCC1OC(n2cc(F)c(=O)[nH]c2=O)C(O)C1O)Oc1ccccc1. The van der Waals surface area contributed by atoms with E-state index in [-0.39, 0.29) is 5.75 Å². The van der Waals surface area contributed by atoms with Crippen LogP contribution in [0.4, 0.5) is 4.39 Å². The van der Waals surface area contributed by atoms with E-state index in [9.17, 15) is 33.6 Å². The number of hydrogen-bond donors (Lipinski definition) is 4. The fraction of sp³-hybridized carbons (Fsp3) is 0.476. The lowest BCUT2D eigenvalue weighted by atomic mass is 10.1. The predicted molar refractivity (Wildman–Crippen MR) is 122 cm³/mol. The number of nitrogens with one attached hydrogen (secondary N) is 2. The van der Waals surface area contributed by atoms with Crippen molar-refractivity contribution >= 4 is 13.7 Å². The highest BCUT2D eigenvalue weighted by atomic mass is 31.2. The molecule has 3 rings (SSSR count). The summed E-state index contributed by atoms with van der Waals surface area (Å²) in [5, 5.41) is 23.2. The van der Waals surface area contributed by atoms with E-state index in [1.807, 2.05) is 0 Å². The normalized spacial score (nSPS) is 24.3. The van der Waals surface area contributed by atoms with Crippen molar-refractivity contribution in [3.63, 3.8) is 0 Å². The van der Waals surface area contributed by atoms with Crippen molar-refractivity contribution in [2.75, 3.05) is 6.61 Å². The minimum atomic E-state index is -4.31. The number of aliphatic hydroxyl groups excluding tert-OH is 2. The second-order valence-electron chi connectivity index (χ2n) is 8.22. The van der Waals surface area contributed by atoms with Crippen LogP contribution in [0.2, 0.25) is 0 Å². The smallest absolute Gasteiger partial charge is 0.459 e. The van der Waals surface area contributed by atoms with E-state index in [4.69, 9.17) is 18.5 Å². The average Bonchev–Trinajstić information content (AvgIpc) is 3.08. The number of carbonyl (C=O) groups is 1. The summed E-state index contributed by atoms with van der Waals surface area (Å²) in [7, 11) is -4.31. The fourth-order valence-electron chi connectivity index (χ4n) is 3.25. The number of para-hydroxylation sites is 1. The molecule has 4 N–H and O–H groups in total. The zero-order valence-electron chi connectivity index (χ0n) is 19.6. The maximum atomic E-state index is 13.7. The molecular weight excluding hydrogens is 504 g/mol. The van der Waals surface area contributed by atoms with Crippen LogP contribution in [0.1, 0.15) is 27.0 Å². The molecule has 2 aromatic rings. The first-order valence-corrected chi connectivity index (χ1v) is 12.4. The Bertz CT molecular complexity index is 1220. The zero-order valence-corrected chi connectivity index (χ0v) is 20.5. The highest BCUT2D eigenvalue weighted by molar-refractivity contribution is 7.52. The third-order valence-corrected chi connectivity index (χ3v) is 6.61. The number of aliphatic hydroxyl groups is 2. The van der Waals surface area contributed by atoms with E-state index >= 15 is 0 Å². The van der Waals surface area contributed by atoms with E-state index in [1.165, 1.54) is 19.1 Å². The van der Waals surface area contributed by atoms with Crippen molar-refractivity contribution < 1.29 is 42.5 Å². The van der Waals surface area contributed by atoms with Gasteiger partial charge in [-0.2, -0.15) is 9.48 Å². The summed E-state index contributed by atoms with van der Waals surface area (Å²) in [6, 6.07) is 6.78. The van der Waals surface area contributed by atoms with Crippen LogP contribution in [-0.4, -0.2) is 62.8 Å². The minimum Gasteiger partial charge on any atom is -0.462 e. The first kappa shape index (κ1) is 27.7. The second-order valence-corrected chi connectivity index (χ2v) is 9.92. The molecule has 1 aliphatic rings. The Morgan fingerprint density at radius 3 is 2.53 bits per heavy atom. The summed E-state index contributed by atoms with van der Waals surface area (Å²) in [6.45, 7) is 4.02. The molecule has 0 spiro atoms. The number of aromatic amines is 1. The number of benzene rings is 1. The Labute approximate surface area is 204 Å². The van der Waals surface area contributed by atoms with Gasteiger partial charge < -0.3 is 24.2 Å². The molecule has 13 nitrogen and oxygen atoms in total. The van der Waals surface area contributed by atoms with Crippen LogP contribution < -0.4 is 20.9 Å². The molecule has 0 bridgehead atoms. The third-order valence-electron chi connectivity index (χ3n) is 4.97. The fourth-order valence-corrected chi connectivity index (χ4v) is 4.75. The first-order chi connectivity index (χ1) is 16.9. The van der Waals surface area contributed by atoms with Gasteiger partial charge in [0.25, 0.3) is 5.56 Å². The maximum Gasteiger partial charge on any atom is 0.459 e. The van der Waals surface area contributed by atoms with Crippen molar-refractivity contribution in [1.82, 2.24) is 14.6 Å². The standard InChI is InChI=1S/C21H27FN3O10P/c1-11(2)33-20(29)12(3)24-36(31,35-13-7-5-4-6-8-13)32-10-15-16(26)17(27)19(34-15)25-9-14(22)18(28)23-21(25)30/h4-9,11-12,15-17,19,26-27H,10H2,1-3H3,(H,24,31)(H,23,28,30). The number of ether oxygens (including phenoxy) is 2. The molecule has 2 heterocycles. The third kappa shape index (κ3) is 6.66. The lowest BCUT2D eigenvalue weighted by Gasteiger charge is -2.25. The molecule has 36 heavy (non-hydrogen) atoms. The van der Waals surface area contributed by atoms with Crippen LogP contribution in [0.5, 0.6) is 5.75 Å². The number of esters is 1. The zero-order chi connectivity index (χ0) is 26.6. The Morgan fingerprint density at radius 1 is 1.22 bits per heavy atom. The van der Waals surface area contributed by atoms with Gasteiger partial charge in [-0.3, -0.25) is 23.7 Å². The van der Waals surface area contributed by atoms with Gasteiger partial charge in [0, 0.05) is 0 Å². The molecule has 1 saturated heterocycles. The molecule has 0 saturated carbocycles. The topological polar surface area (TPSA) is 178 Å². The van der Waals surface area contributed by atoms with Gasteiger partial charge in [0.05, 0.1) is 18.9 Å². The number of H-pyrrole nitrogens is 1. The van der Waals surface area contributed by atoms with Crippen LogP contribution in [-0.2, 0) is 23.4 Å². The average molecular weight is 531 g/mol. The van der Waals surface area contributed by atoms with Gasteiger partial charge in [-0.1, -0.05) is 18.2 Å². The molecule has 6 atom stereocenters. The lowest BCUT2D eigenvalue weighted by Crippen LogP contribution is -2.39. The number of carbonyl (C=O) groups excluding carboxylic acids is 1. The van der Waals surface area contributed by atoms with Crippen LogP contribution in [0.3, 0.4) is 0 Å². The Balaban J connectivity index is 1.77. The number of halogens is 1. The molecular formula is C21H27FN3O10P. The molecule has 1 aliphatic heterocycles. The van der Waals surface area contributed by atoms with Crippen molar-refractivity contribution in [3.8, 4) is 5.75 Å². The largest absolute Gasteiger partial charge is 0.462 e. The van der Waals surface area contributed by atoms with Gasteiger partial charge in [0.2, 0.25) is 5.82 Å². The van der Waals surface area contributed by atoms with Gasteiger partial charge in [0.15, 0.2) is 6.23 Å². The molecule has 6 unspecified atom stereocenters. The van der Waals surface area contributed by atoms with E-state index in [2.05, 4.69) is 5.09 Å². The van der Waals surface area contributed by atoms with Gasteiger partial charge in [-0.05, 0) is 32.9 Å². The van der Waals surface area contributed by atoms with E-state index < -0.39 is 74.1 Å². The van der Waals surface area contributed by atoms with Crippen LogP contribution >= 0.6 is 7.75 Å². The highest BCUT2D eigenvalue weighted by Gasteiger charge is 2.46. The quantitative estimate of drug-likeness (QED) is 0.247. The first-order valence-electron chi connectivity index (χ1n) is 10.9. The van der Waals surface area contributed by atoms with Gasteiger partial charge in [0.1, 0.15) is 30.1 Å². The van der Waals surface area contributed by atoms with E-state index in [0.29, 0.717) is 10.8 Å².